The molecule has 0 aliphatic rings. The van der Waals surface area contributed by atoms with Crippen LogP contribution in [0.15, 0.2) is 30.6 Å². The number of benzene rings is 1. The van der Waals surface area contributed by atoms with Crippen molar-refractivity contribution in [3.05, 3.63) is 41.7 Å². The van der Waals surface area contributed by atoms with Gasteiger partial charge in [-0.25, -0.2) is 4.68 Å². The Balaban J connectivity index is 2.62. The second kappa shape index (κ2) is 3.91. The molecule has 0 bridgehead atoms. The molecular weight excluding hydrogens is 210 g/mol. The van der Waals surface area contributed by atoms with E-state index in [9.17, 15) is 0 Å². The SMILES string of the molecule is Cc1c(N)cc(-n2cccn2)cc1C(C)(C)C. The van der Waals surface area contributed by atoms with Crippen LogP contribution in [0.3, 0.4) is 0 Å². The lowest BCUT2D eigenvalue weighted by Crippen LogP contribution is -2.15. The third kappa shape index (κ3) is 2.18. The van der Waals surface area contributed by atoms with Crippen LogP contribution in [-0.2, 0) is 5.41 Å². The standard InChI is InChI=1S/C14H19N3/c1-10-12(14(2,3)4)8-11(9-13(10)15)17-7-5-6-16-17/h5-9H,15H2,1-4H3. The van der Waals surface area contributed by atoms with Crippen molar-refractivity contribution in [2.24, 2.45) is 0 Å². The number of nitrogens with zero attached hydrogens (tertiary/aromatic N) is 2. The zero-order valence-corrected chi connectivity index (χ0v) is 10.9. The highest BCUT2D eigenvalue weighted by molar-refractivity contribution is 5.58. The van der Waals surface area contributed by atoms with Gasteiger partial charge in [-0.05, 0) is 41.7 Å². The molecule has 0 aliphatic carbocycles. The van der Waals surface area contributed by atoms with Crippen LogP contribution in [0.4, 0.5) is 5.69 Å². The fraction of sp³-hybridized carbons (Fsp3) is 0.357. The van der Waals surface area contributed by atoms with Crippen LogP contribution < -0.4 is 5.73 Å². The summed E-state index contributed by atoms with van der Waals surface area (Å²) >= 11 is 0. The summed E-state index contributed by atoms with van der Waals surface area (Å²) in [5.74, 6) is 0. The van der Waals surface area contributed by atoms with Crippen molar-refractivity contribution in [1.82, 2.24) is 9.78 Å². The van der Waals surface area contributed by atoms with Crippen LogP contribution in [0.1, 0.15) is 31.9 Å². The van der Waals surface area contributed by atoms with E-state index in [1.54, 1.807) is 6.20 Å². The first-order valence-corrected chi connectivity index (χ1v) is 5.80. The third-order valence-electron chi connectivity index (χ3n) is 3.01. The van der Waals surface area contributed by atoms with Gasteiger partial charge in [0, 0.05) is 18.1 Å². The molecule has 2 N–H and O–H groups in total. The van der Waals surface area contributed by atoms with Crippen molar-refractivity contribution in [2.75, 3.05) is 5.73 Å². The quantitative estimate of drug-likeness (QED) is 0.764. The molecule has 1 aromatic carbocycles. The fourth-order valence-electron chi connectivity index (χ4n) is 2.05. The van der Waals surface area contributed by atoms with Crippen molar-refractivity contribution >= 4 is 5.69 Å². The van der Waals surface area contributed by atoms with Crippen molar-refractivity contribution in [3.8, 4) is 5.69 Å². The highest BCUT2D eigenvalue weighted by Crippen LogP contribution is 2.31. The van der Waals surface area contributed by atoms with Gasteiger partial charge in [0.2, 0.25) is 0 Å². The molecule has 0 spiro atoms. The van der Waals surface area contributed by atoms with E-state index in [2.05, 4.69) is 38.9 Å². The molecule has 0 saturated carbocycles. The van der Waals surface area contributed by atoms with E-state index >= 15 is 0 Å². The molecule has 0 unspecified atom stereocenters. The van der Waals surface area contributed by atoms with Gasteiger partial charge in [0.25, 0.3) is 0 Å². The average Bonchev–Trinajstić information content (AvgIpc) is 2.73. The topological polar surface area (TPSA) is 43.8 Å². The second-order valence-corrected chi connectivity index (χ2v) is 5.41. The summed E-state index contributed by atoms with van der Waals surface area (Å²) in [6, 6.07) is 6.04. The molecule has 0 saturated heterocycles. The van der Waals surface area contributed by atoms with Crippen LogP contribution in [0.2, 0.25) is 0 Å². The lowest BCUT2D eigenvalue weighted by Gasteiger charge is -2.23. The minimum Gasteiger partial charge on any atom is -0.398 e. The fourth-order valence-corrected chi connectivity index (χ4v) is 2.05. The summed E-state index contributed by atoms with van der Waals surface area (Å²) < 4.78 is 1.84. The van der Waals surface area contributed by atoms with Crippen LogP contribution >= 0.6 is 0 Å². The first-order chi connectivity index (χ1) is 7.89. The summed E-state index contributed by atoms with van der Waals surface area (Å²) in [5.41, 5.74) is 10.4. The minimum absolute atomic E-state index is 0.0847. The lowest BCUT2D eigenvalue weighted by molar-refractivity contribution is 0.585. The summed E-state index contributed by atoms with van der Waals surface area (Å²) in [6.07, 6.45) is 3.70. The highest BCUT2D eigenvalue weighted by atomic mass is 15.3. The number of rotatable bonds is 1. The van der Waals surface area contributed by atoms with E-state index < -0.39 is 0 Å². The van der Waals surface area contributed by atoms with E-state index in [-0.39, 0.29) is 5.41 Å². The third-order valence-corrected chi connectivity index (χ3v) is 3.01. The van der Waals surface area contributed by atoms with E-state index in [0.717, 1.165) is 16.9 Å². The predicted molar refractivity (Wildman–Crippen MR) is 71.4 cm³/mol. The van der Waals surface area contributed by atoms with Crippen molar-refractivity contribution in [3.63, 3.8) is 0 Å². The lowest BCUT2D eigenvalue weighted by atomic mass is 9.83. The molecular formula is C14H19N3. The van der Waals surface area contributed by atoms with Gasteiger partial charge in [-0.2, -0.15) is 5.10 Å². The van der Waals surface area contributed by atoms with Crippen LogP contribution in [0.5, 0.6) is 0 Å². The Labute approximate surface area is 102 Å². The van der Waals surface area contributed by atoms with Gasteiger partial charge < -0.3 is 5.73 Å². The Hall–Kier alpha value is -1.77. The number of nitrogens with two attached hydrogens (primary N) is 1. The Morgan fingerprint density at radius 1 is 1.24 bits per heavy atom. The summed E-state index contributed by atoms with van der Waals surface area (Å²) in [7, 11) is 0. The van der Waals surface area contributed by atoms with Gasteiger partial charge >= 0.3 is 0 Å². The first-order valence-electron chi connectivity index (χ1n) is 5.80. The van der Waals surface area contributed by atoms with E-state index in [0.29, 0.717) is 0 Å². The molecule has 3 heteroatoms. The van der Waals surface area contributed by atoms with Gasteiger partial charge in [-0.15, -0.1) is 0 Å². The molecule has 0 radical (unpaired) electrons. The van der Waals surface area contributed by atoms with Crippen LogP contribution in [0, 0.1) is 6.92 Å². The molecule has 1 heterocycles. The summed E-state index contributed by atoms with van der Waals surface area (Å²) in [6.45, 7) is 8.66. The zero-order chi connectivity index (χ0) is 12.6. The Bertz CT molecular complexity index is 519. The molecule has 90 valence electrons. The van der Waals surface area contributed by atoms with Crippen LogP contribution in [0.25, 0.3) is 5.69 Å². The molecule has 17 heavy (non-hydrogen) atoms. The number of hydrogen-bond acceptors (Lipinski definition) is 2. The maximum Gasteiger partial charge on any atom is 0.0669 e. The Morgan fingerprint density at radius 2 is 1.94 bits per heavy atom. The largest absolute Gasteiger partial charge is 0.398 e. The smallest absolute Gasteiger partial charge is 0.0669 e. The van der Waals surface area contributed by atoms with Gasteiger partial charge in [-0.3, -0.25) is 0 Å². The van der Waals surface area contributed by atoms with Crippen LogP contribution in [-0.4, -0.2) is 9.78 Å². The minimum atomic E-state index is 0.0847. The maximum atomic E-state index is 6.08. The Morgan fingerprint density at radius 3 is 2.47 bits per heavy atom. The van der Waals surface area contributed by atoms with Gasteiger partial charge in [0.15, 0.2) is 0 Å². The molecule has 2 rings (SSSR count). The summed E-state index contributed by atoms with van der Waals surface area (Å²) in [5, 5.41) is 4.24. The van der Waals surface area contributed by atoms with Gasteiger partial charge in [0.05, 0.1) is 5.69 Å². The van der Waals surface area contributed by atoms with E-state index in [4.69, 9.17) is 5.73 Å². The first kappa shape index (κ1) is 11.7. The van der Waals surface area contributed by atoms with Gasteiger partial charge in [-0.1, -0.05) is 20.8 Å². The molecule has 0 atom stereocenters. The average molecular weight is 229 g/mol. The number of anilines is 1. The molecule has 0 fully saturated rings. The predicted octanol–water partition coefficient (Wildman–Crippen LogP) is 3.06. The van der Waals surface area contributed by atoms with Crippen molar-refractivity contribution in [1.29, 1.82) is 0 Å². The molecule has 0 aliphatic heterocycles. The number of nitrogen functional groups attached to an aromatic ring is 1. The normalized spacial score (nSPS) is 11.8. The van der Waals surface area contributed by atoms with E-state index in [1.165, 1.54) is 5.56 Å². The monoisotopic (exact) mass is 229 g/mol. The molecule has 2 aromatic rings. The molecule has 0 amide bonds. The molecule has 1 aromatic heterocycles. The number of hydrogen-bond donors (Lipinski definition) is 1. The van der Waals surface area contributed by atoms with Crippen molar-refractivity contribution < 1.29 is 0 Å². The second-order valence-electron chi connectivity index (χ2n) is 5.41. The maximum absolute atomic E-state index is 6.08. The molecule has 3 nitrogen and oxygen atoms in total. The highest BCUT2D eigenvalue weighted by Gasteiger charge is 2.18. The number of aromatic nitrogens is 2. The Kier molecular flexibility index (Phi) is 2.69. The van der Waals surface area contributed by atoms with E-state index in [1.807, 2.05) is 23.0 Å². The van der Waals surface area contributed by atoms with Gasteiger partial charge in [0.1, 0.15) is 0 Å². The zero-order valence-electron chi connectivity index (χ0n) is 10.9. The summed E-state index contributed by atoms with van der Waals surface area (Å²) in [4.78, 5) is 0. The van der Waals surface area contributed by atoms with Crippen molar-refractivity contribution in [2.45, 2.75) is 33.1 Å².